The highest BCUT2D eigenvalue weighted by molar-refractivity contribution is 5.74. The summed E-state index contributed by atoms with van der Waals surface area (Å²) >= 11 is 0. The molecule has 0 radical (unpaired) electrons. The van der Waals surface area contributed by atoms with Crippen molar-refractivity contribution in [3.05, 3.63) is 29.8 Å². The fraction of sp³-hybridized carbons (Fsp3) is 0.385. The lowest BCUT2D eigenvalue weighted by atomic mass is 10.1. The van der Waals surface area contributed by atoms with Crippen LogP contribution in [0.5, 0.6) is 5.75 Å². The van der Waals surface area contributed by atoms with Crippen LogP contribution in [0.4, 0.5) is 13.2 Å². The highest BCUT2D eigenvalue weighted by Crippen LogP contribution is 2.23. The number of nitrogens with two attached hydrogens (primary N) is 1. The third kappa shape index (κ3) is 7.81. The first-order valence-electron chi connectivity index (χ1n) is 6.05. The van der Waals surface area contributed by atoms with E-state index in [1.165, 1.54) is 12.1 Å². The monoisotopic (exact) mass is 305 g/mol. The van der Waals surface area contributed by atoms with Gasteiger partial charge in [0.1, 0.15) is 5.75 Å². The molecule has 0 aliphatic heterocycles. The van der Waals surface area contributed by atoms with Gasteiger partial charge >= 0.3 is 12.3 Å². The lowest BCUT2D eigenvalue weighted by molar-refractivity contribution is -0.274. The van der Waals surface area contributed by atoms with Crippen molar-refractivity contribution in [2.75, 3.05) is 6.61 Å². The molecule has 0 atom stereocenters. The van der Waals surface area contributed by atoms with E-state index in [0.717, 1.165) is 12.1 Å². The number of amides is 1. The summed E-state index contributed by atoms with van der Waals surface area (Å²) in [6, 6.07) is 5.07. The van der Waals surface area contributed by atoms with Crippen molar-refractivity contribution < 1.29 is 32.2 Å². The van der Waals surface area contributed by atoms with E-state index in [9.17, 15) is 22.8 Å². The summed E-state index contributed by atoms with van der Waals surface area (Å²) in [5.74, 6) is -1.51. The lowest BCUT2D eigenvalue weighted by Crippen LogP contribution is -2.17. The van der Waals surface area contributed by atoms with Gasteiger partial charge in [-0.05, 0) is 24.1 Å². The second-order valence-corrected chi connectivity index (χ2v) is 4.16. The number of ether oxygens (including phenoxy) is 2. The molecule has 0 saturated heterocycles. The maximum atomic E-state index is 12.1. The zero-order chi connectivity index (χ0) is 15.9. The van der Waals surface area contributed by atoms with Crippen molar-refractivity contribution in [1.29, 1.82) is 0 Å². The first-order chi connectivity index (χ1) is 9.76. The molecular formula is C13H14F3NO4. The zero-order valence-electron chi connectivity index (χ0n) is 11.0. The molecule has 0 heterocycles. The molecule has 0 aromatic heterocycles. The van der Waals surface area contributed by atoms with Gasteiger partial charge in [-0.1, -0.05) is 12.1 Å². The van der Waals surface area contributed by atoms with E-state index in [4.69, 9.17) is 10.5 Å². The Hall–Kier alpha value is -2.25. The van der Waals surface area contributed by atoms with Crippen LogP contribution in [0.1, 0.15) is 18.4 Å². The number of carbonyl (C=O) groups is 2. The van der Waals surface area contributed by atoms with Crippen LogP contribution >= 0.6 is 0 Å². The quantitative estimate of drug-likeness (QED) is 0.617. The molecule has 1 aromatic carbocycles. The average Bonchev–Trinajstić information content (AvgIpc) is 2.32. The fourth-order valence-corrected chi connectivity index (χ4v) is 1.50. The predicted octanol–water partition coefficient (Wildman–Crippen LogP) is 1.94. The van der Waals surface area contributed by atoms with Crippen LogP contribution in [0.2, 0.25) is 0 Å². The standard InChI is InChI=1S/C13H14F3NO4/c14-13(15,16)21-10-4-1-3-9(7-10)8-12(19)20-6-2-5-11(17)18/h1,3-4,7H,2,5-6,8H2,(H2,17,18). The van der Waals surface area contributed by atoms with Gasteiger partial charge in [0, 0.05) is 6.42 Å². The molecule has 0 aliphatic carbocycles. The van der Waals surface area contributed by atoms with Gasteiger partial charge in [-0.25, -0.2) is 0 Å². The molecule has 5 nitrogen and oxygen atoms in total. The Morgan fingerprint density at radius 2 is 1.95 bits per heavy atom. The van der Waals surface area contributed by atoms with E-state index < -0.39 is 24.0 Å². The van der Waals surface area contributed by atoms with E-state index in [0.29, 0.717) is 12.0 Å². The Morgan fingerprint density at radius 1 is 1.24 bits per heavy atom. The highest BCUT2D eigenvalue weighted by atomic mass is 19.4. The second-order valence-electron chi connectivity index (χ2n) is 4.16. The molecule has 0 unspecified atom stereocenters. The van der Waals surface area contributed by atoms with Crippen molar-refractivity contribution >= 4 is 11.9 Å². The largest absolute Gasteiger partial charge is 0.573 e. The summed E-state index contributed by atoms with van der Waals surface area (Å²) in [5.41, 5.74) is 5.24. The molecule has 0 fully saturated rings. The van der Waals surface area contributed by atoms with Crippen LogP contribution in [-0.4, -0.2) is 24.8 Å². The lowest BCUT2D eigenvalue weighted by Gasteiger charge is -2.10. The number of primary amides is 1. The minimum Gasteiger partial charge on any atom is -0.465 e. The van der Waals surface area contributed by atoms with Crippen molar-refractivity contribution in [2.24, 2.45) is 5.73 Å². The molecule has 0 aliphatic rings. The predicted molar refractivity (Wildman–Crippen MR) is 66.2 cm³/mol. The van der Waals surface area contributed by atoms with Gasteiger partial charge in [-0.3, -0.25) is 9.59 Å². The van der Waals surface area contributed by atoms with Gasteiger partial charge in [0.2, 0.25) is 5.91 Å². The summed E-state index contributed by atoms with van der Waals surface area (Å²) in [5, 5.41) is 0. The van der Waals surface area contributed by atoms with Crippen LogP contribution in [-0.2, 0) is 20.7 Å². The molecule has 0 bridgehead atoms. The Balaban J connectivity index is 2.45. The Kier molecular flexibility index (Phi) is 6.01. The number of carbonyl (C=O) groups excluding carboxylic acids is 2. The smallest absolute Gasteiger partial charge is 0.465 e. The number of halogens is 3. The zero-order valence-corrected chi connectivity index (χ0v) is 11.0. The molecule has 21 heavy (non-hydrogen) atoms. The molecule has 8 heteroatoms. The molecule has 2 N–H and O–H groups in total. The molecule has 116 valence electrons. The minimum atomic E-state index is -4.78. The van der Waals surface area contributed by atoms with Crippen LogP contribution in [0.3, 0.4) is 0 Å². The third-order valence-corrected chi connectivity index (χ3v) is 2.31. The minimum absolute atomic E-state index is 0.0283. The van der Waals surface area contributed by atoms with Gasteiger partial charge in [-0.2, -0.15) is 0 Å². The van der Waals surface area contributed by atoms with Crippen LogP contribution in [0.25, 0.3) is 0 Å². The summed E-state index contributed by atoms with van der Waals surface area (Å²) in [7, 11) is 0. The van der Waals surface area contributed by atoms with Gasteiger partial charge < -0.3 is 15.2 Å². The van der Waals surface area contributed by atoms with Gasteiger partial charge in [0.25, 0.3) is 0 Å². The molecule has 1 amide bonds. The third-order valence-electron chi connectivity index (χ3n) is 2.31. The molecule has 0 saturated carbocycles. The average molecular weight is 305 g/mol. The molecule has 1 aromatic rings. The van der Waals surface area contributed by atoms with Crippen molar-refractivity contribution in [3.8, 4) is 5.75 Å². The van der Waals surface area contributed by atoms with E-state index in [2.05, 4.69) is 4.74 Å². The Labute approximate surface area is 118 Å². The molecule has 1 rings (SSSR count). The number of hydrogen-bond acceptors (Lipinski definition) is 4. The maximum absolute atomic E-state index is 12.1. The number of rotatable bonds is 7. The SMILES string of the molecule is NC(=O)CCCOC(=O)Cc1cccc(OC(F)(F)F)c1. The van der Waals surface area contributed by atoms with Crippen LogP contribution in [0.15, 0.2) is 24.3 Å². The second kappa shape index (κ2) is 7.51. The molecular weight excluding hydrogens is 291 g/mol. The van der Waals surface area contributed by atoms with E-state index in [1.54, 1.807) is 0 Å². The topological polar surface area (TPSA) is 78.6 Å². The first kappa shape index (κ1) is 16.8. The first-order valence-corrected chi connectivity index (χ1v) is 6.05. The number of esters is 1. The summed E-state index contributed by atoms with van der Waals surface area (Å²) < 4.78 is 44.7. The van der Waals surface area contributed by atoms with Crippen LogP contribution < -0.4 is 10.5 Å². The fourth-order valence-electron chi connectivity index (χ4n) is 1.50. The number of hydrogen-bond donors (Lipinski definition) is 1. The van der Waals surface area contributed by atoms with E-state index >= 15 is 0 Å². The van der Waals surface area contributed by atoms with E-state index in [1.807, 2.05) is 0 Å². The Bertz CT molecular complexity index is 502. The van der Waals surface area contributed by atoms with Gasteiger partial charge in [0.15, 0.2) is 0 Å². The summed E-state index contributed by atoms with van der Waals surface area (Å²) in [6.45, 7) is 0.0283. The Morgan fingerprint density at radius 3 is 2.57 bits per heavy atom. The van der Waals surface area contributed by atoms with Gasteiger partial charge in [0.05, 0.1) is 13.0 Å². The highest BCUT2D eigenvalue weighted by Gasteiger charge is 2.31. The van der Waals surface area contributed by atoms with Crippen molar-refractivity contribution in [2.45, 2.75) is 25.6 Å². The number of alkyl halides is 3. The summed E-state index contributed by atoms with van der Waals surface area (Å²) in [4.78, 5) is 21.9. The molecule has 0 spiro atoms. The summed E-state index contributed by atoms with van der Waals surface area (Å²) in [6.07, 6.45) is -4.57. The number of benzene rings is 1. The van der Waals surface area contributed by atoms with Gasteiger partial charge in [-0.15, -0.1) is 13.2 Å². The van der Waals surface area contributed by atoms with Crippen molar-refractivity contribution in [1.82, 2.24) is 0 Å². The van der Waals surface area contributed by atoms with Crippen molar-refractivity contribution in [3.63, 3.8) is 0 Å². The maximum Gasteiger partial charge on any atom is 0.573 e. The van der Waals surface area contributed by atoms with Crippen LogP contribution in [0, 0.1) is 0 Å². The normalized spacial score (nSPS) is 11.0. The van der Waals surface area contributed by atoms with E-state index in [-0.39, 0.29) is 19.4 Å².